The smallest absolute Gasteiger partial charge is 0.249 e. The van der Waals surface area contributed by atoms with Crippen molar-refractivity contribution in [2.45, 2.75) is 436 Å². The van der Waals surface area contributed by atoms with E-state index in [1.165, 1.54) is 347 Å². The summed E-state index contributed by atoms with van der Waals surface area (Å²) in [6.45, 7) is 4.11. The fourth-order valence-electron chi connectivity index (χ4n) is 11.9. The lowest BCUT2D eigenvalue weighted by molar-refractivity contribution is -0.132. The molecule has 0 aromatic rings. The van der Waals surface area contributed by atoms with E-state index in [0.717, 1.165) is 38.5 Å². The van der Waals surface area contributed by atoms with E-state index in [0.29, 0.717) is 12.8 Å². The summed E-state index contributed by atoms with van der Waals surface area (Å²) in [5.41, 5.74) is 0. The molecule has 80 heavy (non-hydrogen) atoms. The molecule has 0 saturated carbocycles. The zero-order valence-corrected chi connectivity index (χ0v) is 54.4. The van der Waals surface area contributed by atoms with Crippen LogP contribution in [0.1, 0.15) is 412 Å². The van der Waals surface area contributed by atoms with Crippen LogP contribution in [0.5, 0.6) is 0 Å². The topological polar surface area (TPSA) is 110 Å². The highest BCUT2D eigenvalue weighted by molar-refractivity contribution is 5.80. The van der Waals surface area contributed by atoms with Gasteiger partial charge < -0.3 is 25.7 Å². The molecule has 0 aromatic carbocycles. The molecule has 476 valence electrons. The van der Waals surface area contributed by atoms with Gasteiger partial charge in [-0.05, 0) is 64.2 Å². The van der Waals surface area contributed by atoms with Gasteiger partial charge in [-0.1, -0.05) is 372 Å². The second-order valence-corrected chi connectivity index (χ2v) is 25.6. The molecule has 0 bridgehead atoms. The van der Waals surface area contributed by atoms with Crippen molar-refractivity contribution in [3.63, 3.8) is 0 Å². The summed E-state index contributed by atoms with van der Waals surface area (Å²) in [7, 11) is 0. The number of aliphatic hydroxyl groups excluding tert-OH is 4. The van der Waals surface area contributed by atoms with E-state index in [-0.39, 0.29) is 0 Å². The van der Waals surface area contributed by atoms with Gasteiger partial charge in [0.25, 0.3) is 0 Å². The molecule has 1 amide bonds. The maximum Gasteiger partial charge on any atom is 0.249 e. The Bertz CT molecular complexity index is 1220. The van der Waals surface area contributed by atoms with E-state index < -0.39 is 36.9 Å². The summed E-state index contributed by atoms with van der Waals surface area (Å²) in [5.74, 6) is -0.585. The number of hydrogen-bond acceptors (Lipinski definition) is 5. The van der Waals surface area contributed by atoms with Crippen molar-refractivity contribution in [3.8, 4) is 0 Å². The van der Waals surface area contributed by atoms with Crippen molar-refractivity contribution in [3.05, 3.63) is 24.3 Å². The maximum atomic E-state index is 12.7. The quantitative estimate of drug-likeness (QED) is 0.0308. The number of hydrogen-bond donors (Lipinski definition) is 5. The van der Waals surface area contributed by atoms with Crippen molar-refractivity contribution >= 4 is 5.91 Å². The van der Waals surface area contributed by atoms with E-state index in [9.17, 15) is 25.2 Å². The van der Waals surface area contributed by atoms with E-state index >= 15 is 0 Å². The first kappa shape index (κ1) is 78.8. The second-order valence-electron chi connectivity index (χ2n) is 25.6. The molecule has 4 atom stereocenters. The van der Waals surface area contributed by atoms with Crippen molar-refractivity contribution in [1.29, 1.82) is 0 Å². The Morgan fingerprint density at radius 1 is 0.300 bits per heavy atom. The van der Waals surface area contributed by atoms with Crippen LogP contribution in [-0.4, -0.2) is 57.3 Å². The number of nitrogens with one attached hydrogen (secondary N) is 1. The summed E-state index contributed by atoms with van der Waals surface area (Å²) < 4.78 is 0. The molecule has 0 heterocycles. The molecule has 0 aliphatic rings. The molecule has 5 N–H and O–H groups in total. The first-order chi connectivity index (χ1) is 39.5. The summed E-state index contributed by atoms with van der Waals surface area (Å²) in [6.07, 6.45) is 87.6. The van der Waals surface area contributed by atoms with Crippen LogP contribution in [0.25, 0.3) is 0 Å². The first-order valence-corrected chi connectivity index (χ1v) is 36.7. The number of aliphatic hydroxyl groups is 4. The lowest BCUT2D eigenvalue weighted by atomic mass is 10.00. The first-order valence-electron chi connectivity index (χ1n) is 36.7. The highest BCUT2D eigenvalue weighted by Gasteiger charge is 2.28. The SMILES string of the molecule is CCCCCCCCCCCCCCCCCC/C=C\CCCCCCCCCCCCCCCCCCC(O)C(=O)NC(CO)C(O)C(O)CCC/C=C/CCCCCCCCCCCCCCCCCCCCCCCCC. The molecule has 0 aliphatic heterocycles. The van der Waals surface area contributed by atoms with Gasteiger partial charge in [-0.3, -0.25) is 4.79 Å². The zero-order valence-electron chi connectivity index (χ0n) is 54.4. The van der Waals surface area contributed by atoms with Gasteiger partial charge in [0.15, 0.2) is 0 Å². The van der Waals surface area contributed by atoms with Crippen LogP contribution >= 0.6 is 0 Å². The maximum absolute atomic E-state index is 12.7. The van der Waals surface area contributed by atoms with E-state index in [4.69, 9.17) is 0 Å². The van der Waals surface area contributed by atoms with Crippen LogP contribution in [0, 0.1) is 0 Å². The molecule has 6 heteroatoms. The van der Waals surface area contributed by atoms with Gasteiger partial charge in [-0.15, -0.1) is 0 Å². The summed E-state index contributed by atoms with van der Waals surface area (Å²) in [6, 6.07) is -1.00. The van der Waals surface area contributed by atoms with Gasteiger partial charge in [-0.2, -0.15) is 0 Å². The van der Waals surface area contributed by atoms with E-state index in [1.54, 1.807) is 0 Å². The van der Waals surface area contributed by atoms with Crippen molar-refractivity contribution in [1.82, 2.24) is 5.32 Å². The summed E-state index contributed by atoms with van der Waals surface area (Å²) in [5, 5.41) is 44.2. The Hall–Kier alpha value is -1.21. The minimum Gasteiger partial charge on any atom is -0.394 e. The molecular weight excluding hydrogens is 983 g/mol. The average molecular weight is 1130 g/mol. The van der Waals surface area contributed by atoms with Crippen LogP contribution in [0.2, 0.25) is 0 Å². The fraction of sp³-hybridized carbons (Fsp3) is 0.932. The molecule has 4 unspecified atom stereocenters. The number of unbranched alkanes of at least 4 members (excludes halogenated alkanes) is 56. The fourth-order valence-corrected chi connectivity index (χ4v) is 11.9. The minimum atomic E-state index is -1.28. The molecule has 0 rings (SSSR count). The van der Waals surface area contributed by atoms with Crippen molar-refractivity contribution < 1.29 is 25.2 Å². The van der Waals surface area contributed by atoms with Gasteiger partial charge in [0.2, 0.25) is 5.91 Å². The van der Waals surface area contributed by atoms with Gasteiger partial charge in [-0.25, -0.2) is 0 Å². The third kappa shape index (κ3) is 61.4. The third-order valence-electron chi connectivity index (χ3n) is 17.6. The van der Waals surface area contributed by atoms with Crippen LogP contribution < -0.4 is 5.32 Å². The molecule has 0 aromatic heterocycles. The standard InChI is InChI=1S/C74H145NO5/c1-3-5-7-9-11-13-15-17-19-21-23-25-27-29-31-33-34-35-36-37-38-39-40-42-44-46-48-50-52-54-56-58-60-62-64-66-68-72(78)74(80)75-70(69-76)73(79)71(77)67-65-63-61-59-57-55-53-51-49-47-45-43-41-32-30-28-26-24-22-20-18-16-14-12-10-8-6-4-2/h35-36,59,61,70-73,76-79H,3-34,37-58,60,62-69H2,1-2H3,(H,75,80)/b36-35-,61-59+. The largest absolute Gasteiger partial charge is 0.394 e. The normalized spacial score (nSPS) is 13.5. The number of allylic oxidation sites excluding steroid dienone is 4. The van der Waals surface area contributed by atoms with Gasteiger partial charge in [0.05, 0.1) is 18.8 Å². The Labute approximate surface area is 501 Å². The van der Waals surface area contributed by atoms with Crippen LogP contribution in [0.3, 0.4) is 0 Å². The number of carbonyl (C=O) groups excluding carboxylic acids is 1. The van der Waals surface area contributed by atoms with Crippen LogP contribution in [-0.2, 0) is 4.79 Å². The number of amides is 1. The zero-order chi connectivity index (χ0) is 58.0. The van der Waals surface area contributed by atoms with Crippen LogP contribution in [0.15, 0.2) is 24.3 Å². The Morgan fingerprint density at radius 2 is 0.512 bits per heavy atom. The Kier molecular flexibility index (Phi) is 67.5. The molecule has 0 saturated heterocycles. The van der Waals surface area contributed by atoms with Crippen LogP contribution in [0.4, 0.5) is 0 Å². The minimum absolute atomic E-state index is 0.367. The molecular formula is C74H145NO5. The second kappa shape index (κ2) is 68.6. The summed E-state index contributed by atoms with van der Waals surface area (Å²) >= 11 is 0. The lowest BCUT2D eigenvalue weighted by Gasteiger charge is -2.27. The molecule has 0 radical (unpaired) electrons. The molecule has 0 spiro atoms. The number of rotatable bonds is 69. The van der Waals surface area contributed by atoms with Gasteiger partial charge in [0.1, 0.15) is 12.2 Å². The highest BCUT2D eigenvalue weighted by atomic mass is 16.3. The predicted molar refractivity (Wildman–Crippen MR) is 353 cm³/mol. The average Bonchev–Trinajstić information content (AvgIpc) is 3.46. The van der Waals surface area contributed by atoms with Crippen molar-refractivity contribution in [2.24, 2.45) is 0 Å². The van der Waals surface area contributed by atoms with Gasteiger partial charge in [0, 0.05) is 0 Å². The number of carbonyl (C=O) groups is 1. The Morgan fingerprint density at radius 3 is 0.750 bits per heavy atom. The monoisotopic (exact) mass is 1130 g/mol. The highest BCUT2D eigenvalue weighted by Crippen LogP contribution is 2.20. The molecule has 0 aliphatic carbocycles. The van der Waals surface area contributed by atoms with Gasteiger partial charge >= 0.3 is 0 Å². The third-order valence-corrected chi connectivity index (χ3v) is 17.6. The summed E-state index contributed by atoms with van der Waals surface area (Å²) in [4.78, 5) is 12.7. The van der Waals surface area contributed by atoms with E-state index in [1.807, 2.05) is 0 Å². The Balaban J connectivity index is 3.53. The molecule has 6 nitrogen and oxygen atoms in total. The van der Waals surface area contributed by atoms with E-state index in [2.05, 4.69) is 43.5 Å². The lowest BCUT2D eigenvalue weighted by Crippen LogP contribution is -2.53. The predicted octanol–water partition coefficient (Wildman–Crippen LogP) is 22.9. The molecule has 0 fully saturated rings. The van der Waals surface area contributed by atoms with Crippen molar-refractivity contribution in [2.75, 3.05) is 6.61 Å².